The third-order valence-corrected chi connectivity index (χ3v) is 8.04. The van der Waals surface area contributed by atoms with Gasteiger partial charge in [0.2, 0.25) is 0 Å². The number of hydrogen-bond donors (Lipinski definition) is 2. The maximum atomic E-state index is 10.9. The van der Waals surface area contributed by atoms with Gasteiger partial charge in [-0.15, -0.1) is 0 Å². The molecule has 2 heteroatoms. The molecule has 4 bridgehead atoms. The van der Waals surface area contributed by atoms with Crippen LogP contribution < -0.4 is 0 Å². The first-order valence-electron chi connectivity index (χ1n) is 10.7. The van der Waals surface area contributed by atoms with Gasteiger partial charge < -0.3 is 10.2 Å². The van der Waals surface area contributed by atoms with Crippen molar-refractivity contribution >= 4 is 0 Å². The van der Waals surface area contributed by atoms with Crippen molar-refractivity contribution < 1.29 is 10.2 Å². The quantitative estimate of drug-likeness (QED) is 0.647. The second kappa shape index (κ2) is 5.34. The van der Waals surface area contributed by atoms with Gasteiger partial charge in [0.25, 0.3) is 0 Å². The zero-order chi connectivity index (χ0) is 19.9. The van der Waals surface area contributed by atoms with Gasteiger partial charge in [-0.2, -0.15) is 0 Å². The lowest BCUT2D eigenvalue weighted by Gasteiger charge is -2.70. The van der Waals surface area contributed by atoms with Crippen LogP contribution in [0.25, 0.3) is 0 Å². The number of hydrogen-bond acceptors (Lipinski definition) is 2. The van der Waals surface area contributed by atoms with Gasteiger partial charge in [0.15, 0.2) is 0 Å². The Bertz CT molecular complexity index is 881. The molecule has 0 aromatic heterocycles. The molecule has 4 fully saturated rings. The fraction of sp³-hybridized carbons (Fsp3) is 0.538. The first kappa shape index (κ1) is 18.1. The number of aryl methyl sites for hydroxylation is 2. The lowest BCUT2D eigenvalue weighted by molar-refractivity contribution is -0.127. The third kappa shape index (κ3) is 2.46. The van der Waals surface area contributed by atoms with Crippen LogP contribution >= 0.6 is 0 Å². The second-order valence-corrected chi connectivity index (χ2v) is 11.3. The van der Waals surface area contributed by atoms with Crippen LogP contribution in [0.2, 0.25) is 0 Å². The van der Waals surface area contributed by atoms with Gasteiger partial charge in [-0.25, -0.2) is 0 Å². The van der Waals surface area contributed by atoms with E-state index in [0.717, 1.165) is 54.4 Å². The standard InChI is InChI=1S/C26H32O2/c1-17-5-7-19(21(27)9-17)25-12-23(3)11-24(4,13-25)15-26(14-23,16-25)20-8-6-18(2)10-22(20)28/h5-10,27-28H,11-16H2,1-4H3. The van der Waals surface area contributed by atoms with Crippen LogP contribution in [0.3, 0.4) is 0 Å². The van der Waals surface area contributed by atoms with Gasteiger partial charge in [-0.05, 0) is 86.5 Å². The van der Waals surface area contributed by atoms with E-state index in [4.69, 9.17) is 0 Å². The lowest BCUT2D eigenvalue weighted by Crippen LogP contribution is -2.62. The van der Waals surface area contributed by atoms with Crippen LogP contribution in [-0.2, 0) is 10.8 Å². The Morgan fingerprint density at radius 2 is 1.00 bits per heavy atom. The summed E-state index contributed by atoms with van der Waals surface area (Å²) < 4.78 is 0. The first-order valence-corrected chi connectivity index (χ1v) is 10.7. The summed E-state index contributed by atoms with van der Waals surface area (Å²) in [7, 11) is 0. The molecule has 0 saturated heterocycles. The van der Waals surface area contributed by atoms with Crippen molar-refractivity contribution in [1.29, 1.82) is 0 Å². The van der Waals surface area contributed by atoms with Crippen molar-refractivity contribution in [3.63, 3.8) is 0 Å². The Kier molecular flexibility index (Phi) is 3.45. The lowest BCUT2D eigenvalue weighted by atomic mass is 9.34. The third-order valence-electron chi connectivity index (χ3n) is 8.04. The average molecular weight is 377 g/mol. The zero-order valence-corrected chi connectivity index (χ0v) is 17.6. The molecule has 0 aliphatic heterocycles. The highest BCUT2D eigenvalue weighted by Crippen LogP contribution is 2.75. The van der Waals surface area contributed by atoms with Crippen LogP contribution in [0.5, 0.6) is 11.5 Å². The monoisotopic (exact) mass is 376 g/mol. The number of phenolic OH excluding ortho intramolecular Hbond substituents is 2. The van der Waals surface area contributed by atoms with Crippen molar-refractivity contribution in [2.75, 3.05) is 0 Å². The molecule has 2 N–H and O–H groups in total. The van der Waals surface area contributed by atoms with E-state index in [1.54, 1.807) is 0 Å². The van der Waals surface area contributed by atoms with E-state index >= 15 is 0 Å². The molecular weight excluding hydrogens is 344 g/mol. The summed E-state index contributed by atoms with van der Waals surface area (Å²) in [5.74, 6) is 0.912. The van der Waals surface area contributed by atoms with E-state index in [2.05, 4.69) is 38.1 Å². The molecule has 0 unspecified atom stereocenters. The molecule has 2 aromatic rings. The largest absolute Gasteiger partial charge is 0.508 e. The van der Waals surface area contributed by atoms with Crippen molar-refractivity contribution in [3.8, 4) is 11.5 Å². The number of rotatable bonds is 2. The predicted molar refractivity (Wildman–Crippen MR) is 113 cm³/mol. The molecule has 28 heavy (non-hydrogen) atoms. The van der Waals surface area contributed by atoms with Gasteiger partial charge in [-0.3, -0.25) is 0 Å². The minimum Gasteiger partial charge on any atom is -0.508 e. The molecule has 0 amide bonds. The smallest absolute Gasteiger partial charge is 0.119 e. The first-order chi connectivity index (χ1) is 13.1. The summed E-state index contributed by atoms with van der Waals surface area (Å²) in [6.07, 6.45) is 6.84. The Morgan fingerprint density at radius 1 is 0.607 bits per heavy atom. The van der Waals surface area contributed by atoms with Crippen molar-refractivity contribution in [3.05, 3.63) is 58.7 Å². The molecule has 0 heterocycles. The minimum atomic E-state index is -0.00659. The van der Waals surface area contributed by atoms with Crippen LogP contribution in [0, 0.1) is 24.7 Å². The summed E-state index contributed by atoms with van der Waals surface area (Å²) >= 11 is 0. The Hall–Kier alpha value is -1.96. The SMILES string of the molecule is Cc1ccc(C23CC4(C)CC(C)(C2)CC(c2ccc(C)cc2O)(C4)C3)c(O)c1. The molecular formula is C26H32O2. The van der Waals surface area contributed by atoms with Crippen LogP contribution in [0.1, 0.15) is 74.6 Å². The number of phenols is 2. The van der Waals surface area contributed by atoms with Gasteiger partial charge in [0.05, 0.1) is 0 Å². The van der Waals surface area contributed by atoms with E-state index in [-0.39, 0.29) is 21.7 Å². The Labute approximate surface area is 168 Å². The van der Waals surface area contributed by atoms with E-state index in [1.165, 1.54) is 6.42 Å². The molecule has 0 radical (unpaired) electrons. The fourth-order valence-corrected chi connectivity index (χ4v) is 8.45. The van der Waals surface area contributed by atoms with Crippen LogP contribution in [-0.4, -0.2) is 10.2 Å². The summed E-state index contributed by atoms with van der Waals surface area (Å²) in [6.45, 7) is 8.97. The van der Waals surface area contributed by atoms with E-state index in [1.807, 2.05) is 26.0 Å². The zero-order valence-electron chi connectivity index (χ0n) is 17.6. The van der Waals surface area contributed by atoms with Gasteiger partial charge in [-0.1, -0.05) is 38.1 Å². The molecule has 6 rings (SSSR count). The number of aromatic hydroxyl groups is 2. The maximum absolute atomic E-state index is 10.9. The molecule has 2 aromatic carbocycles. The maximum Gasteiger partial charge on any atom is 0.119 e. The van der Waals surface area contributed by atoms with Gasteiger partial charge in [0.1, 0.15) is 11.5 Å². The molecule has 4 saturated carbocycles. The van der Waals surface area contributed by atoms with Crippen molar-refractivity contribution in [2.24, 2.45) is 10.8 Å². The Morgan fingerprint density at radius 3 is 1.36 bits per heavy atom. The molecule has 2 nitrogen and oxygen atoms in total. The van der Waals surface area contributed by atoms with E-state index < -0.39 is 0 Å². The summed E-state index contributed by atoms with van der Waals surface area (Å²) in [5.41, 5.74) is 4.96. The van der Waals surface area contributed by atoms with Crippen molar-refractivity contribution in [1.82, 2.24) is 0 Å². The van der Waals surface area contributed by atoms with Gasteiger partial charge >= 0.3 is 0 Å². The van der Waals surface area contributed by atoms with E-state index in [0.29, 0.717) is 11.5 Å². The minimum absolute atomic E-state index is 0.00659. The Balaban J connectivity index is 1.72. The number of benzene rings is 2. The molecule has 4 aliphatic carbocycles. The predicted octanol–water partition coefficient (Wildman–Crippen LogP) is 6.28. The van der Waals surface area contributed by atoms with Crippen LogP contribution in [0.4, 0.5) is 0 Å². The summed E-state index contributed by atoms with van der Waals surface area (Å²) in [5, 5.41) is 21.8. The highest BCUT2D eigenvalue weighted by Gasteiger charge is 2.66. The topological polar surface area (TPSA) is 40.5 Å². The average Bonchev–Trinajstić information content (AvgIpc) is 2.50. The second-order valence-electron chi connectivity index (χ2n) is 11.3. The molecule has 0 atom stereocenters. The summed E-state index contributed by atoms with van der Waals surface area (Å²) in [6, 6.07) is 12.5. The highest BCUT2D eigenvalue weighted by molar-refractivity contribution is 5.49. The molecule has 148 valence electrons. The molecule has 0 spiro atoms. The highest BCUT2D eigenvalue weighted by atomic mass is 16.3. The van der Waals surface area contributed by atoms with Crippen molar-refractivity contribution in [2.45, 2.75) is 77.0 Å². The molecule has 4 aliphatic rings. The van der Waals surface area contributed by atoms with Crippen LogP contribution in [0.15, 0.2) is 36.4 Å². The van der Waals surface area contributed by atoms with E-state index in [9.17, 15) is 10.2 Å². The van der Waals surface area contributed by atoms with Gasteiger partial charge in [0, 0.05) is 22.0 Å². The summed E-state index contributed by atoms with van der Waals surface area (Å²) in [4.78, 5) is 0. The normalized spacial score (nSPS) is 38.7. The fourth-order valence-electron chi connectivity index (χ4n) is 8.45.